The van der Waals surface area contributed by atoms with Crippen molar-refractivity contribution in [2.75, 3.05) is 46.7 Å². The fourth-order valence-corrected chi connectivity index (χ4v) is 4.87. The van der Waals surface area contributed by atoms with Crippen molar-refractivity contribution in [2.45, 2.75) is 32.0 Å². The number of allylic oxidation sites excluding steroid dienone is 2. The molecule has 1 heterocycles. The number of nitrogens with one attached hydrogen (secondary N) is 1. The van der Waals surface area contributed by atoms with Gasteiger partial charge in [0, 0.05) is 38.9 Å². The molecule has 1 saturated heterocycles. The van der Waals surface area contributed by atoms with Crippen LogP contribution >= 0.6 is 0 Å². The molecule has 1 aliphatic heterocycles. The molecule has 0 unspecified atom stereocenters. The quantitative estimate of drug-likeness (QED) is 0.104. The lowest BCUT2D eigenvalue weighted by Crippen LogP contribution is -2.41. The van der Waals surface area contributed by atoms with Crippen molar-refractivity contribution in [2.24, 2.45) is 0 Å². The summed E-state index contributed by atoms with van der Waals surface area (Å²) in [5, 5.41) is 2.98. The van der Waals surface area contributed by atoms with Gasteiger partial charge >= 0.3 is 0 Å². The van der Waals surface area contributed by atoms with E-state index in [1.807, 2.05) is 49.4 Å². The highest BCUT2D eigenvalue weighted by atomic mass is 16.7. The third-order valence-electron chi connectivity index (χ3n) is 7.13. The molecule has 3 aromatic carbocycles. The van der Waals surface area contributed by atoms with Crippen LogP contribution in [0, 0.1) is 0 Å². The van der Waals surface area contributed by atoms with Crippen molar-refractivity contribution < 1.29 is 23.7 Å². The standard InChI is InChI=1S/C35H42N2O5/c1-3-40-27-41-32-19-18-28(26-33(32)39-2)12-10-11-17-34(38)36-22-25-37-23-20-31(21-24-37)42-35(29-13-6-4-7-14-29)30-15-8-5-9-16-30/h4-19,26,31,35H,3,20-25,27H2,1-2H3,(H,36,38)/b12-10+,17-11+. The van der Waals surface area contributed by atoms with Gasteiger partial charge < -0.3 is 29.2 Å². The summed E-state index contributed by atoms with van der Waals surface area (Å²) in [6.45, 7) is 6.01. The first kappa shape index (κ1) is 31.0. The van der Waals surface area contributed by atoms with E-state index in [4.69, 9.17) is 18.9 Å². The third-order valence-corrected chi connectivity index (χ3v) is 7.13. The molecule has 222 valence electrons. The Bertz CT molecular complexity index is 1230. The second-order valence-corrected chi connectivity index (χ2v) is 10.1. The van der Waals surface area contributed by atoms with E-state index >= 15 is 0 Å². The topological polar surface area (TPSA) is 69.3 Å². The summed E-state index contributed by atoms with van der Waals surface area (Å²) in [7, 11) is 1.60. The van der Waals surface area contributed by atoms with Crippen molar-refractivity contribution in [3.63, 3.8) is 0 Å². The molecule has 0 aromatic heterocycles. The molecule has 42 heavy (non-hydrogen) atoms. The number of nitrogens with zero attached hydrogens (tertiary/aromatic N) is 1. The third kappa shape index (κ3) is 9.87. The van der Waals surface area contributed by atoms with Crippen LogP contribution in [-0.4, -0.2) is 63.6 Å². The van der Waals surface area contributed by atoms with Gasteiger partial charge in [0.25, 0.3) is 0 Å². The van der Waals surface area contributed by atoms with Gasteiger partial charge in [-0.3, -0.25) is 4.79 Å². The number of methoxy groups -OCH3 is 1. The lowest BCUT2D eigenvalue weighted by molar-refractivity contribution is -0.116. The SMILES string of the molecule is CCOCOc1ccc(/C=C/C=C/C(=O)NCCN2CCC(OC(c3ccccc3)c3ccccc3)CC2)cc1OC. The van der Waals surface area contributed by atoms with Gasteiger partial charge in [-0.1, -0.05) is 85.0 Å². The summed E-state index contributed by atoms with van der Waals surface area (Å²) in [6, 6.07) is 26.5. The minimum atomic E-state index is -0.108. The molecule has 0 bridgehead atoms. The number of carbonyl (C=O) groups excluding carboxylic acids is 1. The largest absolute Gasteiger partial charge is 0.493 e. The monoisotopic (exact) mass is 570 g/mol. The Morgan fingerprint density at radius 2 is 1.64 bits per heavy atom. The van der Waals surface area contributed by atoms with Gasteiger partial charge in [-0.05, 0) is 48.6 Å². The molecule has 0 aliphatic carbocycles. The van der Waals surface area contributed by atoms with Crippen molar-refractivity contribution in [1.82, 2.24) is 10.2 Å². The molecule has 0 saturated carbocycles. The molecule has 4 rings (SSSR count). The van der Waals surface area contributed by atoms with Gasteiger partial charge in [0.1, 0.15) is 6.10 Å². The van der Waals surface area contributed by atoms with Crippen LogP contribution in [0.2, 0.25) is 0 Å². The van der Waals surface area contributed by atoms with Gasteiger partial charge in [0.15, 0.2) is 18.3 Å². The number of amides is 1. The molecule has 0 radical (unpaired) electrons. The molecule has 1 N–H and O–H groups in total. The second-order valence-electron chi connectivity index (χ2n) is 10.1. The van der Waals surface area contributed by atoms with E-state index in [0.717, 1.165) is 38.0 Å². The molecule has 1 fully saturated rings. The lowest BCUT2D eigenvalue weighted by Gasteiger charge is -2.34. The Morgan fingerprint density at radius 3 is 2.29 bits per heavy atom. The summed E-state index contributed by atoms with van der Waals surface area (Å²) >= 11 is 0. The summed E-state index contributed by atoms with van der Waals surface area (Å²) in [5.74, 6) is 1.14. The average molecular weight is 571 g/mol. The zero-order chi connectivity index (χ0) is 29.4. The Labute approximate surface area is 249 Å². The maximum atomic E-state index is 12.3. The van der Waals surface area contributed by atoms with Crippen molar-refractivity contribution in [3.05, 3.63) is 114 Å². The minimum Gasteiger partial charge on any atom is -0.493 e. The zero-order valence-electron chi connectivity index (χ0n) is 24.6. The van der Waals surface area contributed by atoms with Crippen LogP contribution < -0.4 is 14.8 Å². The number of carbonyl (C=O) groups is 1. The van der Waals surface area contributed by atoms with Crippen LogP contribution in [0.3, 0.4) is 0 Å². The molecule has 3 aromatic rings. The fourth-order valence-electron chi connectivity index (χ4n) is 4.87. The first-order valence-corrected chi connectivity index (χ1v) is 14.6. The predicted molar refractivity (Wildman–Crippen MR) is 167 cm³/mol. The zero-order valence-corrected chi connectivity index (χ0v) is 24.6. The molecule has 7 heteroatoms. The first-order valence-electron chi connectivity index (χ1n) is 14.6. The van der Waals surface area contributed by atoms with Crippen molar-refractivity contribution in [3.8, 4) is 11.5 Å². The van der Waals surface area contributed by atoms with E-state index in [-0.39, 0.29) is 24.9 Å². The number of rotatable bonds is 15. The molecule has 1 aliphatic rings. The van der Waals surface area contributed by atoms with E-state index < -0.39 is 0 Å². The van der Waals surface area contributed by atoms with E-state index in [1.165, 1.54) is 11.1 Å². The van der Waals surface area contributed by atoms with Crippen LogP contribution in [0.1, 0.15) is 42.6 Å². The first-order chi connectivity index (χ1) is 20.7. The summed E-state index contributed by atoms with van der Waals surface area (Å²) in [5.41, 5.74) is 3.29. The Hall–Kier alpha value is -3.91. The maximum absolute atomic E-state index is 12.3. The molecule has 0 atom stereocenters. The molecule has 0 spiro atoms. The fraction of sp³-hybridized carbons (Fsp3) is 0.343. The summed E-state index contributed by atoms with van der Waals surface area (Å²) in [4.78, 5) is 14.7. The second kappa shape index (κ2) is 17.1. The smallest absolute Gasteiger partial charge is 0.244 e. The Morgan fingerprint density at radius 1 is 0.952 bits per heavy atom. The normalized spacial score (nSPS) is 14.5. The van der Waals surface area contributed by atoms with Crippen molar-refractivity contribution >= 4 is 12.0 Å². The van der Waals surface area contributed by atoms with Crippen molar-refractivity contribution in [1.29, 1.82) is 0 Å². The highest BCUT2D eigenvalue weighted by molar-refractivity contribution is 5.87. The van der Waals surface area contributed by atoms with Gasteiger partial charge in [-0.15, -0.1) is 0 Å². The number of likely N-dealkylation sites (tertiary alicyclic amines) is 1. The van der Waals surface area contributed by atoms with Gasteiger partial charge in [0.05, 0.1) is 13.2 Å². The van der Waals surface area contributed by atoms with Crippen LogP contribution in [0.25, 0.3) is 6.08 Å². The number of hydrogen-bond donors (Lipinski definition) is 1. The maximum Gasteiger partial charge on any atom is 0.244 e. The summed E-state index contributed by atoms with van der Waals surface area (Å²) in [6.07, 6.45) is 9.10. The predicted octanol–water partition coefficient (Wildman–Crippen LogP) is 6.02. The number of hydrogen-bond acceptors (Lipinski definition) is 6. The number of benzene rings is 3. The molecular weight excluding hydrogens is 528 g/mol. The van der Waals surface area contributed by atoms with Gasteiger partial charge in [0.2, 0.25) is 5.91 Å². The number of piperidine rings is 1. The molecular formula is C35H42N2O5. The summed E-state index contributed by atoms with van der Waals surface area (Å²) < 4.78 is 22.9. The van der Waals surface area contributed by atoms with Crippen LogP contribution in [0.4, 0.5) is 0 Å². The van der Waals surface area contributed by atoms with Crippen LogP contribution in [-0.2, 0) is 14.3 Å². The molecule has 1 amide bonds. The van der Waals surface area contributed by atoms with E-state index in [9.17, 15) is 4.79 Å². The highest BCUT2D eigenvalue weighted by Crippen LogP contribution is 2.30. The van der Waals surface area contributed by atoms with Crippen LogP contribution in [0.15, 0.2) is 97.1 Å². The van der Waals surface area contributed by atoms with E-state index in [2.05, 4.69) is 58.7 Å². The average Bonchev–Trinajstić information content (AvgIpc) is 3.04. The lowest BCUT2D eigenvalue weighted by atomic mass is 10.00. The Balaban J connectivity index is 1.16. The Kier molecular flexibility index (Phi) is 12.7. The van der Waals surface area contributed by atoms with E-state index in [1.54, 1.807) is 19.3 Å². The molecule has 7 nitrogen and oxygen atoms in total. The van der Waals surface area contributed by atoms with Gasteiger partial charge in [-0.2, -0.15) is 0 Å². The minimum absolute atomic E-state index is 0.0647. The van der Waals surface area contributed by atoms with Gasteiger partial charge in [-0.25, -0.2) is 0 Å². The number of ether oxygens (including phenoxy) is 4. The van der Waals surface area contributed by atoms with E-state index in [0.29, 0.717) is 24.7 Å². The highest BCUT2D eigenvalue weighted by Gasteiger charge is 2.24. The van der Waals surface area contributed by atoms with Crippen LogP contribution in [0.5, 0.6) is 11.5 Å².